The van der Waals surface area contributed by atoms with Crippen molar-refractivity contribution >= 4 is 44.4 Å². The molecule has 4 rings (SSSR count). The molecule has 1 atom stereocenters. The van der Waals surface area contributed by atoms with Crippen LogP contribution in [0.4, 0.5) is 5.13 Å². The summed E-state index contributed by atoms with van der Waals surface area (Å²) in [7, 11) is 1.65. The molecular formula is C21H22N2O3S2. The predicted octanol–water partition coefficient (Wildman–Crippen LogP) is 4.85. The van der Waals surface area contributed by atoms with Gasteiger partial charge in [0.05, 0.1) is 30.0 Å². The van der Waals surface area contributed by atoms with E-state index in [0.717, 1.165) is 40.3 Å². The van der Waals surface area contributed by atoms with Crippen LogP contribution in [0.2, 0.25) is 0 Å². The van der Waals surface area contributed by atoms with Gasteiger partial charge in [-0.15, -0.1) is 11.8 Å². The number of methoxy groups -OCH3 is 1. The van der Waals surface area contributed by atoms with Crippen molar-refractivity contribution in [3.05, 3.63) is 48.0 Å². The molecule has 1 amide bonds. The van der Waals surface area contributed by atoms with Gasteiger partial charge in [-0.2, -0.15) is 0 Å². The summed E-state index contributed by atoms with van der Waals surface area (Å²) in [5, 5.41) is 0.693. The molecule has 1 unspecified atom stereocenters. The highest BCUT2D eigenvalue weighted by Crippen LogP contribution is 2.33. The number of carbonyl (C=O) groups excluding carboxylic acids is 1. The maximum absolute atomic E-state index is 13.4. The molecule has 1 saturated heterocycles. The number of anilines is 1. The number of thioether (sulfide) groups is 1. The van der Waals surface area contributed by atoms with Crippen molar-refractivity contribution < 1.29 is 14.3 Å². The molecule has 5 nitrogen and oxygen atoms in total. The second kappa shape index (κ2) is 8.51. The van der Waals surface area contributed by atoms with Crippen molar-refractivity contribution in [3.63, 3.8) is 0 Å². The fraction of sp³-hybridized carbons (Fsp3) is 0.333. The summed E-state index contributed by atoms with van der Waals surface area (Å²) >= 11 is 3.13. The number of benzene rings is 2. The molecule has 0 spiro atoms. The zero-order valence-electron chi connectivity index (χ0n) is 15.9. The number of nitrogens with zero attached hydrogens (tertiary/aromatic N) is 2. The molecule has 0 saturated carbocycles. The van der Waals surface area contributed by atoms with E-state index >= 15 is 0 Å². The number of thiazole rings is 1. The largest absolute Gasteiger partial charge is 0.497 e. The third-order valence-electron chi connectivity index (χ3n) is 4.79. The lowest BCUT2D eigenvalue weighted by molar-refractivity contribution is 0.0917. The van der Waals surface area contributed by atoms with Gasteiger partial charge in [0.15, 0.2) is 5.13 Å². The maximum Gasteiger partial charge on any atom is 0.260 e. The summed E-state index contributed by atoms with van der Waals surface area (Å²) in [6.45, 7) is 1.27. The first-order valence-electron chi connectivity index (χ1n) is 9.20. The molecule has 1 aliphatic rings. The molecule has 1 aliphatic heterocycles. The second-order valence-electron chi connectivity index (χ2n) is 6.61. The molecule has 0 bridgehead atoms. The summed E-state index contributed by atoms with van der Waals surface area (Å²) in [5.41, 5.74) is 1.53. The van der Waals surface area contributed by atoms with E-state index in [9.17, 15) is 4.79 Å². The number of carbonyl (C=O) groups is 1. The number of aromatic nitrogens is 1. The highest BCUT2D eigenvalue weighted by atomic mass is 32.2. The Labute approximate surface area is 172 Å². The fourth-order valence-electron chi connectivity index (χ4n) is 3.29. The van der Waals surface area contributed by atoms with Crippen LogP contribution in [0.25, 0.3) is 10.2 Å². The number of hydrogen-bond donors (Lipinski definition) is 0. The van der Waals surface area contributed by atoms with E-state index in [1.54, 1.807) is 23.8 Å². The topological polar surface area (TPSA) is 51.7 Å². The quantitative estimate of drug-likeness (QED) is 0.540. The lowest BCUT2D eigenvalue weighted by Gasteiger charge is -2.23. The first kappa shape index (κ1) is 19.2. The van der Waals surface area contributed by atoms with Crippen LogP contribution in [0.1, 0.15) is 23.2 Å². The van der Waals surface area contributed by atoms with Crippen LogP contribution in [-0.2, 0) is 4.74 Å². The Bertz CT molecular complexity index is 983. The van der Waals surface area contributed by atoms with E-state index in [1.165, 1.54) is 11.3 Å². The minimum Gasteiger partial charge on any atom is -0.497 e. The van der Waals surface area contributed by atoms with Crippen molar-refractivity contribution in [2.75, 3.05) is 31.4 Å². The summed E-state index contributed by atoms with van der Waals surface area (Å²) in [5.74, 6) is 0.741. The Balaban J connectivity index is 1.71. The Hall–Kier alpha value is -2.09. The van der Waals surface area contributed by atoms with E-state index in [1.807, 2.05) is 48.7 Å². The maximum atomic E-state index is 13.4. The number of rotatable bonds is 6. The standard InChI is InChI=1S/C21H22N2O3S2/c1-25-15-8-9-18-19(12-15)28-21(22-18)23(13-16-6-4-10-26-16)20(24)14-5-3-7-17(11-14)27-2/h3,5,7-9,11-12,16H,4,6,10,13H2,1-2H3. The average molecular weight is 415 g/mol. The fourth-order valence-corrected chi connectivity index (χ4v) is 4.75. The molecule has 3 aromatic rings. The third-order valence-corrected chi connectivity index (χ3v) is 6.55. The lowest BCUT2D eigenvalue weighted by Crippen LogP contribution is -2.37. The minimum atomic E-state index is -0.0441. The van der Waals surface area contributed by atoms with Crippen molar-refractivity contribution in [2.24, 2.45) is 0 Å². The summed E-state index contributed by atoms with van der Waals surface area (Å²) in [6, 6.07) is 13.5. The van der Waals surface area contributed by atoms with Gasteiger partial charge >= 0.3 is 0 Å². The Kier molecular flexibility index (Phi) is 5.85. The van der Waals surface area contributed by atoms with Gasteiger partial charge in [0.1, 0.15) is 5.75 Å². The molecule has 0 aliphatic carbocycles. The van der Waals surface area contributed by atoms with Crippen molar-refractivity contribution in [1.29, 1.82) is 0 Å². The first-order valence-corrected chi connectivity index (χ1v) is 11.2. The SMILES string of the molecule is COc1ccc2nc(N(CC3CCCO3)C(=O)c3cccc(SC)c3)sc2c1. The first-order chi connectivity index (χ1) is 13.7. The Morgan fingerprint density at radius 1 is 1.36 bits per heavy atom. The van der Waals surface area contributed by atoms with Gasteiger partial charge in [0.2, 0.25) is 0 Å². The molecule has 28 heavy (non-hydrogen) atoms. The van der Waals surface area contributed by atoms with Crippen LogP contribution < -0.4 is 9.64 Å². The van der Waals surface area contributed by atoms with Gasteiger partial charge in [0, 0.05) is 17.1 Å². The summed E-state index contributed by atoms with van der Waals surface area (Å²) in [6.07, 6.45) is 4.06. The average Bonchev–Trinajstić information content (AvgIpc) is 3.40. The predicted molar refractivity (Wildman–Crippen MR) is 115 cm³/mol. The third kappa shape index (κ3) is 4.01. The van der Waals surface area contributed by atoms with Gasteiger partial charge in [-0.3, -0.25) is 9.69 Å². The minimum absolute atomic E-state index is 0.0441. The number of hydrogen-bond acceptors (Lipinski definition) is 6. The van der Waals surface area contributed by atoms with Crippen LogP contribution in [0, 0.1) is 0 Å². The molecule has 146 valence electrons. The van der Waals surface area contributed by atoms with Crippen LogP contribution in [-0.4, -0.2) is 43.5 Å². The van der Waals surface area contributed by atoms with Crippen molar-refractivity contribution in [2.45, 2.75) is 23.8 Å². The summed E-state index contributed by atoms with van der Waals surface area (Å²) < 4.78 is 12.1. The van der Waals surface area contributed by atoms with Crippen molar-refractivity contribution in [3.8, 4) is 5.75 Å². The smallest absolute Gasteiger partial charge is 0.260 e. The van der Waals surface area contributed by atoms with Crippen LogP contribution in [0.15, 0.2) is 47.4 Å². The van der Waals surface area contributed by atoms with E-state index in [-0.39, 0.29) is 12.0 Å². The van der Waals surface area contributed by atoms with Crippen LogP contribution >= 0.6 is 23.1 Å². The van der Waals surface area contributed by atoms with E-state index in [2.05, 4.69) is 0 Å². The zero-order valence-corrected chi connectivity index (χ0v) is 17.5. The van der Waals surface area contributed by atoms with Gasteiger partial charge in [-0.05, 0) is 55.5 Å². The van der Waals surface area contributed by atoms with Crippen LogP contribution in [0.5, 0.6) is 5.75 Å². The molecule has 7 heteroatoms. The Morgan fingerprint density at radius 3 is 3.00 bits per heavy atom. The van der Waals surface area contributed by atoms with Gasteiger partial charge in [-0.25, -0.2) is 4.98 Å². The highest BCUT2D eigenvalue weighted by molar-refractivity contribution is 7.98. The van der Waals surface area contributed by atoms with Crippen molar-refractivity contribution in [1.82, 2.24) is 4.98 Å². The molecule has 0 N–H and O–H groups in total. The highest BCUT2D eigenvalue weighted by Gasteiger charge is 2.27. The molecule has 0 radical (unpaired) electrons. The normalized spacial score (nSPS) is 16.4. The zero-order chi connectivity index (χ0) is 19.5. The Morgan fingerprint density at radius 2 is 2.25 bits per heavy atom. The van der Waals surface area contributed by atoms with E-state index < -0.39 is 0 Å². The molecule has 1 aromatic heterocycles. The van der Waals surface area contributed by atoms with E-state index in [4.69, 9.17) is 14.5 Å². The van der Waals surface area contributed by atoms with E-state index in [0.29, 0.717) is 17.2 Å². The number of fused-ring (bicyclic) bond motifs is 1. The van der Waals surface area contributed by atoms with Gasteiger partial charge in [-0.1, -0.05) is 17.4 Å². The molecular weight excluding hydrogens is 392 g/mol. The second-order valence-corrected chi connectivity index (χ2v) is 8.50. The summed E-state index contributed by atoms with van der Waals surface area (Å²) in [4.78, 5) is 21.0. The van der Waals surface area contributed by atoms with Gasteiger partial charge < -0.3 is 9.47 Å². The molecule has 2 aromatic carbocycles. The lowest BCUT2D eigenvalue weighted by atomic mass is 10.2. The number of ether oxygens (including phenoxy) is 2. The van der Waals surface area contributed by atoms with Crippen LogP contribution in [0.3, 0.4) is 0 Å². The molecule has 1 fully saturated rings. The van der Waals surface area contributed by atoms with Gasteiger partial charge in [0.25, 0.3) is 5.91 Å². The number of amides is 1. The molecule has 2 heterocycles. The monoisotopic (exact) mass is 414 g/mol.